The van der Waals surface area contributed by atoms with Crippen LogP contribution >= 0.6 is 62.5 Å². The van der Waals surface area contributed by atoms with Crippen LogP contribution in [-0.2, 0) is 5.33 Å². The minimum Gasteiger partial charge on any atom is -0.143 e. The topological polar surface area (TPSA) is 0 Å². The highest BCUT2D eigenvalue weighted by Gasteiger charge is 2.06. The predicted molar refractivity (Wildman–Crippen MR) is 74.4 cm³/mol. The maximum Gasteiger partial charge on any atom is 0.0490 e. The minimum absolute atomic E-state index is 0.926. The van der Waals surface area contributed by atoms with Crippen LogP contribution in [0.4, 0.5) is 0 Å². The fourth-order valence-corrected chi connectivity index (χ4v) is 3.76. The third kappa shape index (κ3) is 1.91. The molecule has 13 heavy (non-hydrogen) atoms. The number of benzene rings is 1. The molecule has 0 fully saturated rings. The van der Waals surface area contributed by atoms with Crippen molar-refractivity contribution >= 4 is 72.6 Å². The summed E-state index contributed by atoms with van der Waals surface area (Å²) in [6, 6.07) is 6.37. The molecule has 0 aliphatic carbocycles. The van der Waals surface area contributed by atoms with Gasteiger partial charge in [0.05, 0.1) is 0 Å². The van der Waals surface area contributed by atoms with Gasteiger partial charge in [-0.25, -0.2) is 0 Å². The monoisotopic (exact) mass is 384 g/mol. The van der Waals surface area contributed by atoms with Crippen molar-refractivity contribution in [3.05, 3.63) is 26.6 Å². The molecule has 0 N–H and O–H groups in total. The van der Waals surface area contributed by atoms with E-state index in [2.05, 4.69) is 69.3 Å². The molecule has 0 saturated carbocycles. The Kier molecular flexibility index (Phi) is 3.22. The van der Waals surface area contributed by atoms with Gasteiger partial charge in [0.25, 0.3) is 0 Å². The second-order valence-electron chi connectivity index (χ2n) is 2.66. The first-order valence-corrected chi connectivity index (χ1v) is 7.14. The number of alkyl halides is 1. The van der Waals surface area contributed by atoms with Crippen molar-refractivity contribution in [2.75, 3.05) is 0 Å². The first-order chi connectivity index (χ1) is 6.22. The molecule has 4 heteroatoms. The lowest BCUT2D eigenvalue weighted by atomic mass is 10.2. The van der Waals surface area contributed by atoms with Gasteiger partial charge in [0.15, 0.2) is 0 Å². The summed E-state index contributed by atoms with van der Waals surface area (Å²) >= 11 is 12.1. The SMILES string of the molecule is Sc1ccc(I)c2sc(CBr)cc12. The number of hydrogen-bond acceptors (Lipinski definition) is 2. The van der Waals surface area contributed by atoms with Gasteiger partial charge in [0, 0.05) is 28.8 Å². The summed E-state index contributed by atoms with van der Waals surface area (Å²) in [5.74, 6) is 0. The van der Waals surface area contributed by atoms with Gasteiger partial charge in [-0.2, -0.15) is 0 Å². The standard InChI is InChI=1S/C9H6BrIS2/c10-4-5-3-6-8(12)2-1-7(11)9(6)13-5/h1-3,12H,4H2. The molecule has 0 unspecified atom stereocenters. The van der Waals surface area contributed by atoms with Crippen LogP contribution in [0.25, 0.3) is 10.1 Å². The van der Waals surface area contributed by atoms with Crippen LogP contribution in [0.2, 0.25) is 0 Å². The zero-order chi connectivity index (χ0) is 9.42. The van der Waals surface area contributed by atoms with Crippen molar-refractivity contribution in [3.63, 3.8) is 0 Å². The molecule has 1 heterocycles. The molecule has 0 spiro atoms. The lowest BCUT2D eigenvalue weighted by molar-refractivity contribution is 1.54. The van der Waals surface area contributed by atoms with Gasteiger partial charge >= 0.3 is 0 Å². The Hall–Kier alpha value is 0.740. The van der Waals surface area contributed by atoms with E-state index >= 15 is 0 Å². The second-order valence-corrected chi connectivity index (χ2v) is 6.00. The average molecular weight is 385 g/mol. The van der Waals surface area contributed by atoms with Crippen LogP contribution in [0.15, 0.2) is 23.1 Å². The second kappa shape index (κ2) is 4.08. The molecule has 0 atom stereocenters. The van der Waals surface area contributed by atoms with Crippen LogP contribution in [0.1, 0.15) is 4.88 Å². The summed E-state index contributed by atoms with van der Waals surface area (Å²) in [6.07, 6.45) is 0. The maximum absolute atomic E-state index is 4.44. The Morgan fingerprint density at radius 1 is 1.46 bits per heavy atom. The molecule has 0 radical (unpaired) electrons. The lowest BCUT2D eigenvalue weighted by Gasteiger charge is -1.95. The van der Waals surface area contributed by atoms with Crippen molar-refractivity contribution < 1.29 is 0 Å². The molecule has 2 rings (SSSR count). The van der Waals surface area contributed by atoms with Crippen LogP contribution in [0.5, 0.6) is 0 Å². The minimum atomic E-state index is 0.926. The number of hydrogen-bond donors (Lipinski definition) is 1. The summed E-state index contributed by atoms with van der Waals surface area (Å²) in [5.41, 5.74) is 0. The first kappa shape index (κ1) is 10.3. The van der Waals surface area contributed by atoms with Gasteiger partial charge in [-0.3, -0.25) is 0 Å². The van der Waals surface area contributed by atoms with E-state index in [1.807, 2.05) is 11.3 Å². The number of rotatable bonds is 1. The van der Waals surface area contributed by atoms with E-state index in [-0.39, 0.29) is 0 Å². The Bertz CT molecular complexity index is 411. The normalized spacial score (nSPS) is 11.0. The highest BCUT2D eigenvalue weighted by atomic mass is 127. The number of thiol groups is 1. The van der Waals surface area contributed by atoms with Crippen LogP contribution in [0.3, 0.4) is 0 Å². The van der Waals surface area contributed by atoms with Crippen LogP contribution < -0.4 is 0 Å². The molecule has 0 bridgehead atoms. The van der Waals surface area contributed by atoms with Gasteiger partial charge in [-0.15, -0.1) is 24.0 Å². The first-order valence-electron chi connectivity index (χ1n) is 3.68. The molecule has 0 aliphatic heterocycles. The number of fused-ring (bicyclic) bond motifs is 1. The van der Waals surface area contributed by atoms with E-state index in [0.717, 1.165) is 10.2 Å². The average Bonchev–Trinajstić information content (AvgIpc) is 2.56. The Morgan fingerprint density at radius 2 is 2.23 bits per heavy atom. The van der Waals surface area contributed by atoms with Crippen molar-refractivity contribution in [1.82, 2.24) is 0 Å². The Labute approximate surface area is 108 Å². The zero-order valence-corrected chi connectivity index (χ0v) is 12.0. The number of thiophene rings is 1. The van der Waals surface area contributed by atoms with E-state index in [1.54, 1.807) is 0 Å². The van der Waals surface area contributed by atoms with E-state index in [0.29, 0.717) is 0 Å². The molecule has 0 nitrogen and oxygen atoms in total. The summed E-state index contributed by atoms with van der Waals surface area (Å²) in [5, 5.41) is 2.20. The van der Waals surface area contributed by atoms with Gasteiger partial charge in [-0.05, 0) is 40.8 Å². The van der Waals surface area contributed by atoms with Crippen molar-refractivity contribution in [3.8, 4) is 0 Å². The molecule has 68 valence electrons. The predicted octanol–water partition coefficient (Wildman–Crippen LogP) is 4.69. The maximum atomic E-state index is 4.44. The van der Waals surface area contributed by atoms with Gasteiger partial charge < -0.3 is 0 Å². The van der Waals surface area contributed by atoms with Crippen molar-refractivity contribution in [1.29, 1.82) is 0 Å². The fourth-order valence-electron chi connectivity index (χ4n) is 1.19. The third-order valence-electron chi connectivity index (χ3n) is 1.80. The fraction of sp³-hybridized carbons (Fsp3) is 0.111. The molecule has 0 saturated heterocycles. The van der Waals surface area contributed by atoms with E-state index in [9.17, 15) is 0 Å². The van der Waals surface area contributed by atoms with Gasteiger partial charge in [0.2, 0.25) is 0 Å². The molecule has 1 aromatic heterocycles. The lowest BCUT2D eigenvalue weighted by Crippen LogP contribution is -1.71. The van der Waals surface area contributed by atoms with E-state index in [1.165, 1.54) is 18.5 Å². The van der Waals surface area contributed by atoms with E-state index < -0.39 is 0 Å². The third-order valence-corrected chi connectivity index (χ3v) is 5.59. The summed E-state index contributed by atoms with van der Waals surface area (Å²) in [6.45, 7) is 0. The van der Waals surface area contributed by atoms with Gasteiger partial charge in [-0.1, -0.05) is 15.9 Å². The Morgan fingerprint density at radius 3 is 2.85 bits per heavy atom. The molecule has 0 aliphatic rings. The Balaban J connectivity index is 2.80. The largest absolute Gasteiger partial charge is 0.143 e. The quantitative estimate of drug-likeness (QED) is 0.411. The van der Waals surface area contributed by atoms with Gasteiger partial charge in [0.1, 0.15) is 0 Å². The molecular weight excluding hydrogens is 379 g/mol. The molecule has 0 amide bonds. The van der Waals surface area contributed by atoms with E-state index in [4.69, 9.17) is 0 Å². The van der Waals surface area contributed by atoms with Crippen molar-refractivity contribution in [2.45, 2.75) is 10.2 Å². The summed E-state index contributed by atoms with van der Waals surface area (Å²) < 4.78 is 2.66. The summed E-state index contributed by atoms with van der Waals surface area (Å²) in [7, 11) is 0. The highest BCUT2D eigenvalue weighted by molar-refractivity contribution is 14.1. The molecule has 2 aromatic rings. The number of halogens is 2. The van der Waals surface area contributed by atoms with Crippen LogP contribution in [0, 0.1) is 3.57 Å². The van der Waals surface area contributed by atoms with Crippen LogP contribution in [-0.4, -0.2) is 0 Å². The smallest absolute Gasteiger partial charge is 0.0490 e. The zero-order valence-electron chi connectivity index (χ0n) is 6.55. The van der Waals surface area contributed by atoms with Crippen molar-refractivity contribution in [2.24, 2.45) is 0 Å². The summed E-state index contributed by atoms with van der Waals surface area (Å²) in [4.78, 5) is 2.42. The molecular formula is C9H6BrIS2. The molecule has 1 aromatic carbocycles. The highest BCUT2D eigenvalue weighted by Crippen LogP contribution is 2.34.